The summed E-state index contributed by atoms with van der Waals surface area (Å²) in [5, 5.41) is 9.48. The Balaban J connectivity index is 1.71. The van der Waals surface area contributed by atoms with Crippen LogP contribution in [0.4, 0.5) is 13.2 Å². The number of carbonyl (C=O) groups excluding carboxylic acids is 1. The van der Waals surface area contributed by atoms with Crippen LogP contribution in [0.3, 0.4) is 0 Å². The molecule has 1 aromatic heterocycles. The number of carboxylic acid groups (broad SMARTS) is 1. The van der Waals surface area contributed by atoms with E-state index < -0.39 is 29.4 Å². The van der Waals surface area contributed by atoms with Gasteiger partial charge in [0, 0.05) is 12.1 Å². The van der Waals surface area contributed by atoms with E-state index in [0.717, 1.165) is 10.1 Å². The molecule has 0 saturated carbocycles. The zero-order valence-corrected chi connectivity index (χ0v) is 22.1. The summed E-state index contributed by atoms with van der Waals surface area (Å²) in [5.41, 5.74) is -0.354. The molecule has 1 heterocycles. The van der Waals surface area contributed by atoms with Crippen LogP contribution in [0.15, 0.2) is 83.7 Å². The minimum atomic E-state index is -4.92. The predicted octanol–water partition coefficient (Wildman–Crippen LogP) is 6.55. The summed E-state index contributed by atoms with van der Waals surface area (Å²) in [6.45, 7) is 3.70. The number of benzene rings is 3. The summed E-state index contributed by atoms with van der Waals surface area (Å²) >= 11 is 0. The second-order valence-corrected chi connectivity index (χ2v) is 9.96. The van der Waals surface area contributed by atoms with E-state index in [-0.39, 0.29) is 46.7 Å². The average Bonchev–Trinajstić information content (AvgIpc) is 3.22. The van der Waals surface area contributed by atoms with E-state index in [0.29, 0.717) is 17.5 Å². The third-order valence-corrected chi connectivity index (χ3v) is 6.74. The first-order valence-corrected chi connectivity index (χ1v) is 12.9. The van der Waals surface area contributed by atoms with Crippen LogP contribution in [0.25, 0.3) is 11.1 Å². The van der Waals surface area contributed by atoms with Gasteiger partial charge in [0.1, 0.15) is 0 Å². The van der Waals surface area contributed by atoms with Gasteiger partial charge in [0.05, 0.1) is 11.3 Å². The molecule has 0 fully saturated rings. The lowest BCUT2D eigenvalue weighted by Gasteiger charge is -2.14. The fourth-order valence-corrected chi connectivity index (χ4v) is 4.70. The SMILES string of the molecule is CC(C)CCc1c(C(F)(F)F)n(C(=O)c2ccccc2)c(=O)n1CCc1ccc(-c2ccccc2C(=O)O)cc1. The van der Waals surface area contributed by atoms with Crippen molar-refractivity contribution in [3.63, 3.8) is 0 Å². The van der Waals surface area contributed by atoms with Gasteiger partial charge in [-0.1, -0.05) is 74.5 Å². The Morgan fingerprint density at radius 3 is 2.10 bits per heavy atom. The molecule has 0 radical (unpaired) electrons. The van der Waals surface area contributed by atoms with Crippen molar-refractivity contribution >= 4 is 11.9 Å². The van der Waals surface area contributed by atoms with Gasteiger partial charge in [0.2, 0.25) is 0 Å². The summed E-state index contributed by atoms with van der Waals surface area (Å²) in [4.78, 5) is 38.2. The number of hydrogen-bond acceptors (Lipinski definition) is 3. The van der Waals surface area contributed by atoms with Crippen molar-refractivity contribution in [1.82, 2.24) is 9.13 Å². The zero-order valence-electron chi connectivity index (χ0n) is 22.1. The Bertz CT molecular complexity index is 1570. The molecular formula is C31H29F3N2O4. The molecule has 0 spiro atoms. The number of imidazole rings is 1. The van der Waals surface area contributed by atoms with Crippen LogP contribution in [0.2, 0.25) is 0 Å². The molecule has 0 aliphatic rings. The number of halogens is 3. The summed E-state index contributed by atoms with van der Waals surface area (Å²) in [5.74, 6) is -1.99. The third kappa shape index (κ3) is 6.09. The van der Waals surface area contributed by atoms with E-state index in [1.54, 1.807) is 48.5 Å². The van der Waals surface area contributed by atoms with Crippen LogP contribution in [-0.4, -0.2) is 26.1 Å². The topological polar surface area (TPSA) is 81.3 Å². The first-order chi connectivity index (χ1) is 19.0. The molecular weight excluding hydrogens is 521 g/mol. The molecule has 0 aliphatic carbocycles. The quantitative estimate of drug-likeness (QED) is 0.256. The van der Waals surface area contributed by atoms with Crippen molar-refractivity contribution in [2.75, 3.05) is 0 Å². The number of carbonyl (C=O) groups is 2. The van der Waals surface area contributed by atoms with Crippen LogP contribution in [-0.2, 0) is 25.6 Å². The summed E-state index contributed by atoms with van der Waals surface area (Å²) < 4.78 is 44.5. The minimum absolute atomic E-state index is 0.0122. The zero-order chi connectivity index (χ0) is 29.0. The Morgan fingerprint density at radius 2 is 1.50 bits per heavy atom. The minimum Gasteiger partial charge on any atom is -0.478 e. The number of aromatic carboxylic acids is 1. The van der Waals surface area contributed by atoms with E-state index >= 15 is 0 Å². The molecule has 0 unspecified atom stereocenters. The molecule has 0 aliphatic heterocycles. The smallest absolute Gasteiger partial charge is 0.433 e. The molecule has 6 nitrogen and oxygen atoms in total. The molecule has 3 aromatic carbocycles. The van der Waals surface area contributed by atoms with Gasteiger partial charge in [0.25, 0.3) is 5.91 Å². The van der Waals surface area contributed by atoms with Gasteiger partial charge in [-0.2, -0.15) is 13.2 Å². The number of aromatic nitrogens is 2. The maximum absolute atomic E-state index is 14.4. The largest absolute Gasteiger partial charge is 0.478 e. The van der Waals surface area contributed by atoms with Crippen molar-refractivity contribution in [1.29, 1.82) is 0 Å². The van der Waals surface area contributed by atoms with E-state index in [9.17, 15) is 32.7 Å². The summed E-state index contributed by atoms with van der Waals surface area (Å²) in [7, 11) is 0. The predicted molar refractivity (Wildman–Crippen MR) is 146 cm³/mol. The van der Waals surface area contributed by atoms with Gasteiger partial charge in [-0.3, -0.25) is 9.36 Å². The van der Waals surface area contributed by atoms with E-state index in [1.165, 1.54) is 30.3 Å². The molecule has 9 heteroatoms. The molecule has 208 valence electrons. The molecule has 0 saturated heterocycles. The van der Waals surface area contributed by atoms with E-state index in [4.69, 9.17) is 0 Å². The molecule has 0 amide bonds. The summed E-state index contributed by atoms with van der Waals surface area (Å²) in [6, 6.07) is 21.0. The fraction of sp³-hybridized carbons (Fsp3) is 0.258. The Morgan fingerprint density at radius 1 is 0.875 bits per heavy atom. The van der Waals surface area contributed by atoms with Gasteiger partial charge in [-0.05, 0) is 60.1 Å². The maximum Gasteiger partial charge on any atom is 0.433 e. The van der Waals surface area contributed by atoms with Gasteiger partial charge in [-0.15, -0.1) is 0 Å². The fourth-order valence-electron chi connectivity index (χ4n) is 4.70. The average molecular weight is 551 g/mol. The van der Waals surface area contributed by atoms with Crippen molar-refractivity contribution in [3.8, 4) is 11.1 Å². The first-order valence-electron chi connectivity index (χ1n) is 12.9. The highest BCUT2D eigenvalue weighted by atomic mass is 19.4. The van der Waals surface area contributed by atoms with Gasteiger partial charge >= 0.3 is 17.8 Å². The highest BCUT2D eigenvalue weighted by Gasteiger charge is 2.42. The highest BCUT2D eigenvalue weighted by Crippen LogP contribution is 2.33. The van der Waals surface area contributed by atoms with Gasteiger partial charge in [0.15, 0.2) is 5.69 Å². The number of aryl methyl sites for hydroxylation is 1. The van der Waals surface area contributed by atoms with Gasteiger partial charge < -0.3 is 5.11 Å². The van der Waals surface area contributed by atoms with Crippen LogP contribution in [0.5, 0.6) is 0 Å². The van der Waals surface area contributed by atoms with Crippen molar-refractivity contribution in [3.05, 3.63) is 117 Å². The molecule has 40 heavy (non-hydrogen) atoms. The lowest BCUT2D eigenvalue weighted by atomic mass is 9.98. The third-order valence-electron chi connectivity index (χ3n) is 6.74. The van der Waals surface area contributed by atoms with Gasteiger partial charge in [-0.25, -0.2) is 14.2 Å². The monoisotopic (exact) mass is 550 g/mol. The number of carboxylic acids is 1. The van der Waals surface area contributed by atoms with Crippen molar-refractivity contribution in [2.45, 2.75) is 45.8 Å². The molecule has 0 atom stereocenters. The normalized spacial score (nSPS) is 11.7. The van der Waals surface area contributed by atoms with Crippen molar-refractivity contribution < 1.29 is 27.9 Å². The van der Waals surface area contributed by atoms with Crippen LogP contribution < -0.4 is 5.69 Å². The molecule has 4 rings (SSSR count). The highest BCUT2D eigenvalue weighted by molar-refractivity contribution is 5.97. The van der Waals surface area contributed by atoms with E-state index in [1.807, 2.05) is 13.8 Å². The number of rotatable bonds is 9. The summed E-state index contributed by atoms with van der Waals surface area (Å²) in [6.07, 6.45) is -4.29. The first kappa shape index (κ1) is 28.6. The number of alkyl halides is 3. The van der Waals surface area contributed by atoms with Crippen LogP contribution >= 0.6 is 0 Å². The maximum atomic E-state index is 14.4. The lowest BCUT2D eigenvalue weighted by Crippen LogP contribution is -2.32. The Hall–Kier alpha value is -4.40. The second kappa shape index (κ2) is 11.8. The molecule has 0 bridgehead atoms. The number of nitrogens with zero attached hydrogens (tertiary/aromatic N) is 2. The Kier molecular flexibility index (Phi) is 8.42. The lowest BCUT2D eigenvalue weighted by molar-refractivity contribution is -0.143. The molecule has 4 aromatic rings. The van der Waals surface area contributed by atoms with Crippen LogP contribution in [0.1, 0.15) is 57.9 Å². The standard InChI is InChI=1S/C31H29F3N2O4/c1-20(2)12-17-26-27(31(32,33)34)36(28(37)23-8-4-3-5-9-23)30(40)35(26)19-18-21-13-15-22(16-14-21)24-10-6-7-11-25(24)29(38)39/h3-11,13-16,20H,12,17-19H2,1-2H3,(H,38,39). The van der Waals surface area contributed by atoms with E-state index in [2.05, 4.69) is 0 Å². The van der Waals surface area contributed by atoms with Crippen LogP contribution in [0, 0.1) is 5.92 Å². The Labute approximate surface area is 229 Å². The second-order valence-electron chi connectivity index (χ2n) is 9.96. The number of hydrogen-bond donors (Lipinski definition) is 1. The molecule has 1 N–H and O–H groups in total. The van der Waals surface area contributed by atoms with Crippen molar-refractivity contribution in [2.24, 2.45) is 5.92 Å².